The van der Waals surface area contributed by atoms with E-state index in [9.17, 15) is 22.0 Å². The van der Waals surface area contributed by atoms with Gasteiger partial charge in [-0.1, -0.05) is 11.6 Å². The van der Waals surface area contributed by atoms with Crippen LogP contribution in [0.3, 0.4) is 0 Å². The molecule has 2 bridgehead atoms. The van der Waals surface area contributed by atoms with Crippen molar-refractivity contribution in [3.05, 3.63) is 28.5 Å². The van der Waals surface area contributed by atoms with E-state index in [1.807, 2.05) is 11.8 Å². The molecule has 0 spiro atoms. The summed E-state index contributed by atoms with van der Waals surface area (Å²) in [5.41, 5.74) is 1.72. The second-order valence-corrected chi connectivity index (χ2v) is 13.1. The van der Waals surface area contributed by atoms with Crippen LogP contribution >= 0.6 is 11.6 Å². The number of hydrogen-bond donors (Lipinski definition) is 2. The number of nitrogens with two attached hydrogens (primary N) is 1. The normalized spacial score (nSPS) is 30.0. The number of pyridine rings is 1. The summed E-state index contributed by atoms with van der Waals surface area (Å²) >= 11 is 6.77. The summed E-state index contributed by atoms with van der Waals surface area (Å²) in [5, 5.41) is 3.23. The third-order valence-electron chi connectivity index (χ3n) is 9.92. The van der Waals surface area contributed by atoms with E-state index in [2.05, 4.69) is 20.3 Å². The predicted molar refractivity (Wildman–Crippen MR) is 152 cm³/mol. The number of nitrogens with one attached hydrogen (secondary N) is 1. The maximum absolute atomic E-state index is 16.8. The van der Waals surface area contributed by atoms with Gasteiger partial charge in [0.15, 0.2) is 11.6 Å². The molecule has 5 atom stereocenters. The highest BCUT2D eigenvalue weighted by atomic mass is 35.5. The van der Waals surface area contributed by atoms with Gasteiger partial charge in [-0.2, -0.15) is 23.1 Å². The van der Waals surface area contributed by atoms with Crippen molar-refractivity contribution < 1.29 is 35.8 Å². The van der Waals surface area contributed by atoms with Gasteiger partial charge in [-0.05, 0) is 38.3 Å². The Morgan fingerprint density at radius 2 is 2.00 bits per heavy atom. The summed E-state index contributed by atoms with van der Waals surface area (Å²) in [7, 11) is 0. The molecule has 3 aromatic rings. The minimum Gasteiger partial charge on any atom is -0.486 e. The summed E-state index contributed by atoms with van der Waals surface area (Å²) < 4.78 is 100. The number of ether oxygens (including phenoxy) is 2. The first-order valence-electron chi connectivity index (χ1n) is 14.8. The zero-order valence-corrected chi connectivity index (χ0v) is 24.7. The van der Waals surface area contributed by atoms with Crippen LogP contribution < -0.4 is 25.4 Å². The highest BCUT2D eigenvalue weighted by Gasteiger charge is 2.60. The molecule has 0 amide bonds. The van der Waals surface area contributed by atoms with Gasteiger partial charge in [-0.3, -0.25) is 4.90 Å². The van der Waals surface area contributed by atoms with Crippen molar-refractivity contribution in [1.29, 1.82) is 0 Å². The van der Waals surface area contributed by atoms with Gasteiger partial charge in [-0.25, -0.2) is 18.2 Å². The van der Waals surface area contributed by atoms with Crippen LogP contribution in [-0.2, 0) is 6.18 Å². The minimum atomic E-state index is -4.92. The van der Waals surface area contributed by atoms with Gasteiger partial charge < -0.3 is 25.4 Å². The molecule has 5 aliphatic heterocycles. The number of rotatable bonds is 4. The van der Waals surface area contributed by atoms with Crippen molar-refractivity contribution in [3.8, 4) is 23.0 Å². The van der Waals surface area contributed by atoms with Crippen molar-refractivity contribution in [2.24, 2.45) is 0 Å². The lowest BCUT2D eigenvalue weighted by molar-refractivity contribution is -0.137. The molecular formula is C29H28ClF6N7O2. The summed E-state index contributed by atoms with van der Waals surface area (Å²) in [6.45, 7) is 2.25. The molecule has 45 heavy (non-hydrogen) atoms. The number of alkyl halides is 5. The monoisotopic (exact) mass is 655 g/mol. The first-order chi connectivity index (χ1) is 21.2. The Labute approximate surface area is 258 Å². The Kier molecular flexibility index (Phi) is 6.22. The molecule has 1 aromatic carbocycles. The Bertz CT molecular complexity index is 1740. The molecule has 8 rings (SSSR count). The van der Waals surface area contributed by atoms with E-state index in [4.69, 9.17) is 26.8 Å². The number of fused-ring (bicyclic) bond motifs is 6. The molecular weight excluding hydrogens is 628 g/mol. The Hall–Kier alpha value is -3.30. The van der Waals surface area contributed by atoms with Gasteiger partial charge in [0, 0.05) is 31.6 Å². The van der Waals surface area contributed by atoms with Gasteiger partial charge >= 0.3 is 12.2 Å². The average molecular weight is 656 g/mol. The number of halogens is 7. The van der Waals surface area contributed by atoms with E-state index >= 15 is 4.39 Å². The van der Waals surface area contributed by atoms with Crippen LogP contribution in [0.25, 0.3) is 22.2 Å². The summed E-state index contributed by atoms with van der Waals surface area (Å²) in [4.78, 5) is 16.5. The van der Waals surface area contributed by atoms with Gasteiger partial charge in [0.25, 0.3) is 5.92 Å². The lowest BCUT2D eigenvalue weighted by atomic mass is 9.85. The number of benzene rings is 1. The fraction of sp³-hybridized carbons (Fsp3) is 0.552. The molecule has 0 saturated carbocycles. The quantitative estimate of drug-likeness (QED) is 0.375. The number of piperazine rings is 1. The Morgan fingerprint density at radius 3 is 2.71 bits per heavy atom. The first-order valence-corrected chi connectivity index (χ1v) is 15.1. The summed E-state index contributed by atoms with van der Waals surface area (Å²) in [6.07, 6.45) is -3.65. The zero-order chi connectivity index (χ0) is 31.6. The van der Waals surface area contributed by atoms with E-state index < -0.39 is 57.8 Å². The van der Waals surface area contributed by atoms with Crippen LogP contribution in [0.1, 0.15) is 38.2 Å². The summed E-state index contributed by atoms with van der Waals surface area (Å²) in [6, 6.07) is 1.19. The van der Waals surface area contributed by atoms with Crippen molar-refractivity contribution in [2.75, 3.05) is 36.9 Å². The van der Waals surface area contributed by atoms with Gasteiger partial charge in [0.05, 0.1) is 45.4 Å². The molecule has 0 aliphatic carbocycles. The molecule has 240 valence electrons. The van der Waals surface area contributed by atoms with Crippen LogP contribution in [-0.4, -0.2) is 81.8 Å². The van der Waals surface area contributed by atoms with E-state index in [-0.39, 0.29) is 65.6 Å². The Balaban J connectivity index is 1.33. The molecule has 0 unspecified atom stereocenters. The van der Waals surface area contributed by atoms with Crippen LogP contribution in [0.15, 0.2) is 12.1 Å². The van der Waals surface area contributed by atoms with Crippen molar-refractivity contribution in [2.45, 2.75) is 74.5 Å². The van der Waals surface area contributed by atoms with Gasteiger partial charge in [0.2, 0.25) is 0 Å². The zero-order valence-electron chi connectivity index (χ0n) is 23.9. The average Bonchev–Trinajstić information content (AvgIpc) is 3.37. The molecule has 7 heterocycles. The Morgan fingerprint density at radius 1 is 1.20 bits per heavy atom. The standard InChI is InChI=1S/C29H28ClF6N7O2/c1-12-23-15-4-2-13(38-15)8-43(23)25-18-22(40-26(41-25)44-11-27-6-7-42(27)10-28(32,33)9-27)20(31)17(19(30)24(18)45-12)21-14(29(34,35)36)3-5-16(37)39-21/h3,5,12-13,15,23,38H,2,4,6-11H2,1H3,(H2,37,39)/t12-,13+,15-,23+,27+/m0/s1. The van der Waals surface area contributed by atoms with Crippen LogP contribution in [0, 0.1) is 5.82 Å². The number of hydrogen-bond acceptors (Lipinski definition) is 9. The topological polar surface area (TPSA) is 102 Å². The van der Waals surface area contributed by atoms with E-state index in [1.54, 1.807) is 4.90 Å². The number of nitrogens with zero attached hydrogens (tertiary/aromatic N) is 5. The molecule has 3 N–H and O–H groups in total. The van der Waals surface area contributed by atoms with Gasteiger partial charge in [0.1, 0.15) is 29.9 Å². The summed E-state index contributed by atoms with van der Waals surface area (Å²) in [5.74, 6) is -4.18. The maximum atomic E-state index is 16.8. The minimum absolute atomic E-state index is 0.0129. The van der Waals surface area contributed by atoms with Crippen molar-refractivity contribution in [3.63, 3.8) is 0 Å². The first kappa shape index (κ1) is 29.1. The smallest absolute Gasteiger partial charge is 0.418 e. The van der Waals surface area contributed by atoms with Crippen LogP contribution in [0.2, 0.25) is 5.02 Å². The van der Waals surface area contributed by atoms with E-state index in [0.29, 0.717) is 25.6 Å². The molecule has 0 radical (unpaired) electrons. The maximum Gasteiger partial charge on any atom is 0.418 e. The van der Waals surface area contributed by atoms with Crippen molar-refractivity contribution in [1.82, 2.24) is 25.2 Å². The van der Waals surface area contributed by atoms with Gasteiger partial charge in [-0.15, -0.1) is 0 Å². The lowest BCUT2D eigenvalue weighted by Crippen LogP contribution is -2.62. The predicted octanol–water partition coefficient (Wildman–Crippen LogP) is 5.04. The molecule has 4 fully saturated rings. The van der Waals surface area contributed by atoms with E-state index in [1.165, 1.54) is 0 Å². The second kappa shape index (κ2) is 9.61. The third-order valence-corrected chi connectivity index (χ3v) is 10.3. The largest absolute Gasteiger partial charge is 0.486 e. The van der Waals surface area contributed by atoms with E-state index in [0.717, 1.165) is 18.9 Å². The highest BCUT2D eigenvalue weighted by Crippen LogP contribution is 2.52. The number of aromatic nitrogens is 3. The molecule has 16 heteroatoms. The van der Waals surface area contributed by atoms with Crippen molar-refractivity contribution >= 4 is 34.1 Å². The molecule has 2 aromatic heterocycles. The van der Waals surface area contributed by atoms with Crippen LogP contribution in [0.5, 0.6) is 11.8 Å². The molecule has 4 saturated heterocycles. The molecule has 9 nitrogen and oxygen atoms in total. The third kappa shape index (κ3) is 4.40. The lowest BCUT2D eigenvalue weighted by Gasteiger charge is -2.46. The number of anilines is 2. The van der Waals surface area contributed by atoms with Crippen LogP contribution in [0.4, 0.5) is 38.0 Å². The molecule has 5 aliphatic rings. The highest BCUT2D eigenvalue weighted by molar-refractivity contribution is 6.36. The fourth-order valence-electron chi connectivity index (χ4n) is 7.89. The fourth-order valence-corrected chi connectivity index (χ4v) is 8.20. The number of nitrogen functional groups attached to an aromatic ring is 1. The second-order valence-electron chi connectivity index (χ2n) is 12.7. The SMILES string of the molecule is C[C@@H]1Oc2c(Cl)c(-c3nc(N)ccc3C(F)(F)F)c(F)c3nc(OC[C@]45CCN4CC(F)(F)C5)nc(c23)N2C[C@H]3CC[C@H](N3)[C@@H]12.